The fraction of sp³-hybridized carbons (Fsp3) is 0.357. The van der Waals surface area contributed by atoms with Gasteiger partial charge < -0.3 is 0 Å². The summed E-state index contributed by atoms with van der Waals surface area (Å²) in [6.45, 7) is 17.6. The van der Waals surface area contributed by atoms with Gasteiger partial charge in [-0.15, -0.1) is 39.1 Å². The average molecular weight is 551 g/mol. The summed E-state index contributed by atoms with van der Waals surface area (Å²) in [4.78, 5) is 14.7. The first-order valence-electron chi connectivity index (χ1n) is 11.9. The van der Waals surface area contributed by atoms with Crippen LogP contribution in [-0.4, -0.2) is 19.6 Å². The van der Waals surface area contributed by atoms with E-state index in [-0.39, 0.29) is 10.8 Å². The normalized spacial score (nSPS) is 17.1. The van der Waals surface area contributed by atoms with Crippen LogP contribution in [-0.2, 0) is 5.41 Å². The van der Waals surface area contributed by atoms with Crippen molar-refractivity contribution in [1.29, 1.82) is 0 Å². The Kier molecular flexibility index (Phi) is 6.52. The number of aryl methyl sites for hydroxylation is 2. The van der Waals surface area contributed by atoms with Gasteiger partial charge in [0.1, 0.15) is 15.5 Å². The van der Waals surface area contributed by atoms with Gasteiger partial charge in [-0.1, -0.05) is 82.5 Å². The van der Waals surface area contributed by atoms with Crippen LogP contribution >= 0.6 is 45.5 Å². The van der Waals surface area contributed by atoms with E-state index in [0.29, 0.717) is 0 Å². The van der Waals surface area contributed by atoms with Crippen LogP contribution in [0.1, 0.15) is 62.7 Å². The zero-order valence-electron chi connectivity index (χ0n) is 21.9. The lowest BCUT2D eigenvalue weighted by atomic mass is 9.85. The Morgan fingerprint density at radius 3 is 2.08 bits per heavy atom. The Balaban J connectivity index is 1.54. The standard InChI is InChI=1S/C28H30N4S4/c1-15-20(17-11-9-13-18(14-10-12-17)27(3,4)5)34-26(29-15)23-21-19(31-32-36-21)22(33-23)25-30-16(2)24(35-25)28(6,7)8/h9-14H,1-8H3/b11-9?,12-10?,13-9-,14-10?,17-11?,17-12?,18-13?,18-14+. The molecule has 5 rings (SSSR count). The van der Waals surface area contributed by atoms with E-state index < -0.39 is 0 Å². The maximum absolute atomic E-state index is 5.01. The van der Waals surface area contributed by atoms with Gasteiger partial charge in [-0.05, 0) is 47.4 Å². The van der Waals surface area contributed by atoms with Gasteiger partial charge >= 0.3 is 0 Å². The molecule has 0 aliphatic heterocycles. The highest BCUT2D eigenvalue weighted by Gasteiger charge is 2.26. The molecule has 0 aromatic carbocycles. The van der Waals surface area contributed by atoms with Crippen LogP contribution in [0.15, 0.2) is 42.0 Å². The summed E-state index contributed by atoms with van der Waals surface area (Å²) >= 11 is 6.70. The van der Waals surface area contributed by atoms with Gasteiger partial charge in [0, 0.05) is 4.88 Å². The van der Waals surface area contributed by atoms with Gasteiger partial charge in [-0.25, -0.2) is 9.97 Å². The van der Waals surface area contributed by atoms with Crippen LogP contribution in [0.5, 0.6) is 0 Å². The lowest BCUT2D eigenvalue weighted by Gasteiger charge is -2.20. The molecule has 0 unspecified atom stereocenters. The fourth-order valence-electron chi connectivity index (χ4n) is 4.19. The third-order valence-corrected chi connectivity index (χ3v) is 11.2. The average Bonchev–Trinajstić information content (AvgIpc) is 3.50. The lowest BCUT2D eigenvalue weighted by Crippen LogP contribution is -2.10. The van der Waals surface area contributed by atoms with Crippen molar-refractivity contribution in [1.82, 2.24) is 19.6 Å². The van der Waals surface area contributed by atoms with Crippen molar-refractivity contribution in [2.75, 3.05) is 0 Å². The van der Waals surface area contributed by atoms with Gasteiger partial charge in [0.2, 0.25) is 0 Å². The number of aromatic nitrogens is 4. The molecule has 0 spiro atoms. The maximum Gasteiger partial charge on any atom is 0.136 e. The molecule has 0 N–H and O–H groups in total. The van der Waals surface area contributed by atoms with E-state index >= 15 is 0 Å². The Morgan fingerprint density at radius 1 is 0.694 bits per heavy atom. The molecule has 0 amide bonds. The molecule has 0 bridgehead atoms. The van der Waals surface area contributed by atoms with Crippen molar-refractivity contribution in [3.8, 4) is 19.8 Å². The van der Waals surface area contributed by atoms with Crippen LogP contribution < -0.4 is 0 Å². The van der Waals surface area contributed by atoms with Gasteiger partial charge in [-0.3, -0.25) is 0 Å². The monoisotopic (exact) mass is 550 g/mol. The summed E-state index contributed by atoms with van der Waals surface area (Å²) < 4.78 is 5.39. The van der Waals surface area contributed by atoms with Crippen LogP contribution in [0.4, 0.5) is 0 Å². The molecule has 4 nitrogen and oxygen atoms in total. The first-order valence-corrected chi connectivity index (χ1v) is 15.1. The lowest BCUT2D eigenvalue weighted by molar-refractivity contribution is 0.517. The summed E-state index contributed by atoms with van der Waals surface area (Å²) in [5, 5.41) is 6.54. The van der Waals surface area contributed by atoms with Crippen molar-refractivity contribution in [2.24, 2.45) is 5.41 Å². The Hall–Kier alpha value is -2.26. The third kappa shape index (κ3) is 4.72. The molecule has 4 heterocycles. The number of thiazole rings is 2. The molecule has 0 saturated carbocycles. The van der Waals surface area contributed by atoms with Crippen LogP contribution in [0, 0.1) is 19.3 Å². The van der Waals surface area contributed by atoms with Gasteiger partial charge in [0.05, 0.1) is 30.7 Å². The largest absolute Gasteiger partial charge is 0.240 e. The second kappa shape index (κ2) is 9.24. The predicted molar refractivity (Wildman–Crippen MR) is 159 cm³/mol. The molecule has 0 saturated heterocycles. The number of rotatable bonds is 3. The van der Waals surface area contributed by atoms with Crippen LogP contribution in [0.25, 0.3) is 35.6 Å². The number of nitrogens with zero attached hydrogens (tertiary/aromatic N) is 4. The number of hydrogen-bond donors (Lipinski definition) is 0. The molecule has 4 aromatic heterocycles. The summed E-state index contributed by atoms with van der Waals surface area (Å²) in [6, 6.07) is 0. The van der Waals surface area contributed by atoms with E-state index in [2.05, 4.69) is 101 Å². The minimum Gasteiger partial charge on any atom is -0.240 e. The highest BCUT2D eigenvalue weighted by atomic mass is 32.1. The number of fused-ring (bicyclic) bond motifs is 1. The van der Waals surface area contributed by atoms with Crippen LogP contribution in [0.2, 0.25) is 0 Å². The fourth-order valence-corrected chi connectivity index (χ4v) is 8.66. The van der Waals surface area contributed by atoms with Gasteiger partial charge in [0.25, 0.3) is 0 Å². The first-order chi connectivity index (χ1) is 16.9. The van der Waals surface area contributed by atoms with E-state index in [1.165, 1.54) is 32.4 Å². The van der Waals surface area contributed by atoms with E-state index in [0.717, 1.165) is 41.4 Å². The minimum absolute atomic E-state index is 0.0664. The van der Waals surface area contributed by atoms with E-state index in [1.54, 1.807) is 34.0 Å². The van der Waals surface area contributed by atoms with Gasteiger partial charge in [-0.2, -0.15) is 0 Å². The smallest absolute Gasteiger partial charge is 0.136 e. The topological polar surface area (TPSA) is 51.6 Å². The zero-order valence-corrected chi connectivity index (χ0v) is 25.2. The molecule has 0 atom stereocenters. The van der Waals surface area contributed by atoms with E-state index in [4.69, 9.17) is 9.97 Å². The van der Waals surface area contributed by atoms with Crippen molar-refractivity contribution in [3.05, 3.63) is 63.2 Å². The van der Waals surface area contributed by atoms with Crippen molar-refractivity contribution < 1.29 is 0 Å². The summed E-state index contributed by atoms with van der Waals surface area (Å²) in [6.07, 6.45) is 13.1. The molecular formula is C28H30N4S4. The molecule has 8 heteroatoms. The van der Waals surface area contributed by atoms with E-state index in [1.807, 2.05) is 0 Å². The summed E-state index contributed by atoms with van der Waals surface area (Å²) in [5.41, 5.74) is 5.76. The van der Waals surface area contributed by atoms with Crippen molar-refractivity contribution in [3.63, 3.8) is 0 Å². The number of thiophene rings is 1. The highest BCUT2D eigenvalue weighted by Crippen LogP contribution is 2.48. The Labute approximate surface area is 229 Å². The predicted octanol–water partition coefficient (Wildman–Crippen LogP) is 9.40. The molecule has 0 radical (unpaired) electrons. The molecule has 0 fully saturated rings. The quantitative estimate of drug-likeness (QED) is 0.255. The third-order valence-electron chi connectivity index (χ3n) is 6.01. The highest BCUT2D eigenvalue weighted by molar-refractivity contribution is 7.31. The minimum atomic E-state index is 0.0664. The second-order valence-corrected chi connectivity index (χ2v) is 14.8. The Morgan fingerprint density at radius 2 is 1.39 bits per heavy atom. The molecule has 1 aliphatic carbocycles. The number of hydrogen-bond acceptors (Lipinski definition) is 8. The molecule has 36 heavy (non-hydrogen) atoms. The SMILES string of the molecule is Cc1nc(-c2sc(-c3nc(C)c(C(C)(C)C)s3)c3nnsc23)sc1C1=C/C=C\C(C(C)(C)C)=C/C=C1. The molecule has 186 valence electrons. The summed E-state index contributed by atoms with van der Waals surface area (Å²) in [5.74, 6) is 0. The summed E-state index contributed by atoms with van der Waals surface area (Å²) in [7, 11) is 0. The molecule has 1 aliphatic rings. The Bertz CT molecular complexity index is 1570. The van der Waals surface area contributed by atoms with Crippen molar-refractivity contribution >= 4 is 61.3 Å². The first kappa shape index (κ1) is 25.4. The second-order valence-electron chi connectivity index (χ2n) is 11.0. The molecule has 4 aromatic rings. The van der Waals surface area contributed by atoms with Crippen LogP contribution in [0.3, 0.4) is 0 Å². The van der Waals surface area contributed by atoms with Crippen molar-refractivity contribution in [2.45, 2.75) is 60.8 Å². The zero-order chi connectivity index (χ0) is 25.8. The molecular weight excluding hydrogens is 521 g/mol. The maximum atomic E-state index is 5.01. The van der Waals surface area contributed by atoms with E-state index in [9.17, 15) is 0 Å². The number of allylic oxidation sites excluding steroid dienone is 8. The van der Waals surface area contributed by atoms with Gasteiger partial charge in [0.15, 0.2) is 0 Å².